The number of amides is 1. The number of carbonyl (C=O) groups is 1. The lowest BCUT2D eigenvalue weighted by atomic mass is 10.2. The normalized spacial score (nSPS) is 9.86. The predicted molar refractivity (Wildman–Crippen MR) is 55.6 cm³/mol. The molecule has 1 heterocycles. The van der Waals surface area contributed by atoms with Crippen molar-refractivity contribution < 1.29 is 4.79 Å². The summed E-state index contributed by atoms with van der Waals surface area (Å²) in [5, 5.41) is 0. The zero-order chi connectivity index (χ0) is 10.4. The Hall–Kier alpha value is -1.38. The Bertz CT molecular complexity index is 285. The molecule has 3 nitrogen and oxygen atoms in total. The summed E-state index contributed by atoms with van der Waals surface area (Å²) in [5.74, 6) is 0.191. The fraction of sp³-hybridized carbons (Fsp3) is 0.455. The molecule has 1 aromatic heterocycles. The molecular formula is C11H16N2O. The summed E-state index contributed by atoms with van der Waals surface area (Å²) in [6, 6.07) is 3.86. The molecule has 1 aromatic rings. The van der Waals surface area contributed by atoms with E-state index in [1.54, 1.807) is 17.3 Å². The fourth-order valence-electron chi connectivity index (χ4n) is 1.26. The molecule has 1 amide bonds. The number of rotatable bonds is 4. The molecule has 1 rings (SSSR count). The minimum Gasteiger partial charge on any atom is -0.341 e. The van der Waals surface area contributed by atoms with Gasteiger partial charge in [0.2, 0.25) is 5.91 Å². The fourth-order valence-corrected chi connectivity index (χ4v) is 1.26. The van der Waals surface area contributed by atoms with Crippen molar-refractivity contribution in [3.63, 3.8) is 0 Å². The van der Waals surface area contributed by atoms with Crippen LogP contribution in [-0.4, -0.2) is 22.8 Å². The lowest BCUT2D eigenvalue weighted by Gasteiger charge is -2.16. The Labute approximate surface area is 84.8 Å². The van der Waals surface area contributed by atoms with E-state index in [-0.39, 0.29) is 5.91 Å². The van der Waals surface area contributed by atoms with E-state index in [0.717, 1.165) is 12.0 Å². The van der Waals surface area contributed by atoms with Gasteiger partial charge in [0.25, 0.3) is 0 Å². The van der Waals surface area contributed by atoms with Gasteiger partial charge >= 0.3 is 0 Å². The smallest absolute Gasteiger partial charge is 0.222 e. The van der Waals surface area contributed by atoms with Gasteiger partial charge in [-0.15, -0.1) is 0 Å². The van der Waals surface area contributed by atoms with E-state index < -0.39 is 0 Å². The van der Waals surface area contributed by atoms with Crippen LogP contribution in [0.5, 0.6) is 0 Å². The number of pyridine rings is 1. The molecule has 0 unspecified atom stereocenters. The molecule has 0 saturated heterocycles. The predicted octanol–water partition coefficient (Wildman–Crippen LogP) is 1.84. The molecule has 0 aliphatic carbocycles. The van der Waals surface area contributed by atoms with Gasteiger partial charge in [-0.05, 0) is 18.1 Å². The van der Waals surface area contributed by atoms with Crippen LogP contribution < -0.4 is 0 Å². The van der Waals surface area contributed by atoms with Crippen LogP contribution in [0.25, 0.3) is 0 Å². The summed E-state index contributed by atoms with van der Waals surface area (Å²) in [7, 11) is 1.82. The second kappa shape index (κ2) is 5.37. The standard InChI is InChI=1S/C11H16N2O/c1-3-5-11(14)13(2)9-10-6-4-7-12-8-10/h4,6-8H,3,5,9H2,1-2H3. The summed E-state index contributed by atoms with van der Waals surface area (Å²) in [6.07, 6.45) is 5.04. The minimum absolute atomic E-state index is 0.191. The first-order chi connectivity index (χ1) is 6.74. The number of carbonyl (C=O) groups excluding carboxylic acids is 1. The van der Waals surface area contributed by atoms with Crippen LogP contribution in [0.2, 0.25) is 0 Å². The summed E-state index contributed by atoms with van der Waals surface area (Å²) in [6.45, 7) is 2.66. The highest BCUT2D eigenvalue weighted by atomic mass is 16.2. The maximum Gasteiger partial charge on any atom is 0.222 e. The molecule has 0 aliphatic rings. The Kier molecular flexibility index (Phi) is 4.11. The van der Waals surface area contributed by atoms with E-state index in [1.165, 1.54) is 0 Å². The molecule has 0 aromatic carbocycles. The first-order valence-corrected chi connectivity index (χ1v) is 4.87. The van der Waals surface area contributed by atoms with E-state index in [4.69, 9.17) is 0 Å². The number of nitrogens with zero attached hydrogens (tertiary/aromatic N) is 2. The van der Waals surface area contributed by atoms with Gasteiger partial charge in [-0.25, -0.2) is 0 Å². The molecule has 0 aliphatic heterocycles. The summed E-state index contributed by atoms with van der Waals surface area (Å²) in [4.78, 5) is 17.2. The summed E-state index contributed by atoms with van der Waals surface area (Å²) >= 11 is 0. The monoisotopic (exact) mass is 192 g/mol. The molecule has 0 fully saturated rings. The van der Waals surface area contributed by atoms with Crippen molar-refractivity contribution in [3.8, 4) is 0 Å². The van der Waals surface area contributed by atoms with E-state index in [9.17, 15) is 4.79 Å². The van der Waals surface area contributed by atoms with Gasteiger partial charge < -0.3 is 4.90 Å². The number of hydrogen-bond donors (Lipinski definition) is 0. The highest BCUT2D eigenvalue weighted by molar-refractivity contribution is 5.75. The second-order valence-electron chi connectivity index (χ2n) is 3.36. The van der Waals surface area contributed by atoms with Crippen molar-refractivity contribution in [2.75, 3.05) is 7.05 Å². The maximum atomic E-state index is 11.5. The molecule has 3 heteroatoms. The third kappa shape index (κ3) is 3.17. The Morgan fingerprint density at radius 1 is 1.57 bits per heavy atom. The largest absolute Gasteiger partial charge is 0.341 e. The lowest BCUT2D eigenvalue weighted by Crippen LogP contribution is -2.25. The summed E-state index contributed by atoms with van der Waals surface area (Å²) in [5.41, 5.74) is 1.07. The third-order valence-corrected chi connectivity index (χ3v) is 2.03. The van der Waals surface area contributed by atoms with E-state index in [2.05, 4.69) is 4.98 Å². The van der Waals surface area contributed by atoms with Gasteiger partial charge in [-0.1, -0.05) is 13.0 Å². The van der Waals surface area contributed by atoms with Crippen LogP contribution in [0.1, 0.15) is 25.3 Å². The Balaban J connectivity index is 2.49. The highest BCUT2D eigenvalue weighted by Crippen LogP contribution is 2.03. The Morgan fingerprint density at radius 2 is 2.36 bits per heavy atom. The van der Waals surface area contributed by atoms with E-state index >= 15 is 0 Å². The molecule has 14 heavy (non-hydrogen) atoms. The van der Waals surface area contributed by atoms with Gasteiger partial charge in [-0.3, -0.25) is 9.78 Å². The SMILES string of the molecule is CCCC(=O)N(C)Cc1cccnc1. The molecule has 76 valence electrons. The average Bonchev–Trinajstić information content (AvgIpc) is 2.19. The summed E-state index contributed by atoms with van der Waals surface area (Å²) < 4.78 is 0. The minimum atomic E-state index is 0.191. The van der Waals surface area contributed by atoms with Crippen molar-refractivity contribution in [2.45, 2.75) is 26.3 Å². The lowest BCUT2D eigenvalue weighted by molar-refractivity contribution is -0.130. The zero-order valence-electron chi connectivity index (χ0n) is 8.73. The van der Waals surface area contributed by atoms with Gasteiger partial charge in [0.05, 0.1) is 0 Å². The van der Waals surface area contributed by atoms with Crippen LogP contribution >= 0.6 is 0 Å². The number of aromatic nitrogens is 1. The van der Waals surface area contributed by atoms with Crippen molar-refractivity contribution in [1.82, 2.24) is 9.88 Å². The van der Waals surface area contributed by atoms with Crippen LogP contribution in [0.3, 0.4) is 0 Å². The van der Waals surface area contributed by atoms with E-state index in [0.29, 0.717) is 13.0 Å². The average molecular weight is 192 g/mol. The molecule has 0 radical (unpaired) electrons. The molecule has 0 bridgehead atoms. The second-order valence-corrected chi connectivity index (χ2v) is 3.36. The van der Waals surface area contributed by atoms with Gasteiger partial charge in [0.15, 0.2) is 0 Å². The zero-order valence-corrected chi connectivity index (χ0v) is 8.73. The number of hydrogen-bond acceptors (Lipinski definition) is 2. The van der Waals surface area contributed by atoms with Gasteiger partial charge in [0, 0.05) is 32.4 Å². The molecular weight excluding hydrogens is 176 g/mol. The van der Waals surface area contributed by atoms with Gasteiger partial charge in [-0.2, -0.15) is 0 Å². The Morgan fingerprint density at radius 3 is 2.93 bits per heavy atom. The van der Waals surface area contributed by atoms with Crippen LogP contribution in [0, 0.1) is 0 Å². The van der Waals surface area contributed by atoms with Crippen molar-refractivity contribution in [3.05, 3.63) is 30.1 Å². The highest BCUT2D eigenvalue weighted by Gasteiger charge is 2.07. The topological polar surface area (TPSA) is 33.2 Å². The van der Waals surface area contributed by atoms with Crippen molar-refractivity contribution >= 4 is 5.91 Å². The first-order valence-electron chi connectivity index (χ1n) is 4.87. The van der Waals surface area contributed by atoms with E-state index in [1.807, 2.05) is 26.1 Å². The van der Waals surface area contributed by atoms with Gasteiger partial charge in [0.1, 0.15) is 0 Å². The molecule has 0 atom stereocenters. The van der Waals surface area contributed by atoms with Crippen LogP contribution in [0.4, 0.5) is 0 Å². The van der Waals surface area contributed by atoms with Crippen molar-refractivity contribution in [2.24, 2.45) is 0 Å². The molecule has 0 spiro atoms. The van der Waals surface area contributed by atoms with Crippen LogP contribution in [-0.2, 0) is 11.3 Å². The maximum absolute atomic E-state index is 11.5. The molecule has 0 N–H and O–H groups in total. The first kappa shape index (κ1) is 10.7. The van der Waals surface area contributed by atoms with Crippen molar-refractivity contribution in [1.29, 1.82) is 0 Å². The quantitative estimate of drug-likeness (QED) is 0.729. The third-order valence-electron chi connectivity index (χ3n) is 2.03. The van der Waals surface area contributed by atoms with Crippen LogP contribution in [0.15, 0.2) is 24.5 Å². The molecule has 0 saturated carbocycles.